The second kappa shape index (κ2) is 6.29. The summed E-state index contributed by atoms with van der Waals surface area (Å²) in [6.45, 7) is 8.70. The van der Waals surface area contributed by atoms with Crippen molar-refractivity contribution in [1.82, 2.24) is 15.8 Å². The Bertz CT molecular complexity index is 450. The van der Waals surface area contributed by atoms with Gasteiger partial charge in [-0.1, -0.05) is 31.8 Å². The van der Waals surface area contributed by atoms with Crippen molar-refractivity contribution in [1.29, 1.82) is 0 Å². The van der Waals surface area contributed by atoms with E-state index in [4.69, 9.17) is 4.52 Å². The quantitative estimate of drug-likeness (QED) is 0.894. The molecule has 0 aliphatic heterocycles. The number of urea groups is 1. The van der Waals surface area contributed by atoms with Crippen molar-refractivity contribution in [2.45, 2.75) is 59.5 Å². The Morgan fingerprint density at radius 1 is 1.35 bits per heavy atom. The van der Waals surface area contributed by atoms with Gasteiger partial charge in [0.2, 0.25) is 0 Å². The molecule has 0 radical (unpaired) electrons. The van der Waals surface area contributed by atoms with Gasteiger partial charge in [-0.05, 0) is 32.1 Å². The van der Waals surface area contributed by atoms with Gasteiger partial charge >= 0.3 is 6.03 Å². The number of aromatic nitrogens is 1. The minimum absolute atomic E-state index is 0.101. The molecule has 5 heteroatoms. The number of nitrogens with one attached hydrogen (secondary N) is 2. The van der Waals surface area contributed by atoms with Gasteiger partial charge in [0.1, 0.15) is 5.76 Å². The lowest BCUT2D eigenvalue weighted by atomic mass is 9.78. The maximum absolute atomic E-state index is 12.0. The first-order valence-corrected chi connectivity index (χ1v) is 7.45. The van der Waals surface area contributed by atoms with Crippen LogP contribution in [-0.4, -0.2) is 17.2 Å². The highest BCUT2D eigenvalue weighted by Gasteiger charge is 2.28. The molecule has 5 nitrogen and oxygen atoms in total. The number of nitrogens with zero attached hydrogens (tertiary/aromatic N) is 1. The highest BCUT2D eigenvalue weighted by molar-refractivity contribution is 5.74. The van der Waals surface area contributed by atoms with Gasteiger partial charge in [0.15, 0.2) is 0 Å². The highest BCUT2D eigenvalue weighted by atomic mass is 16.5. The molecule has 2 rings (SSSR count). The molecule has 1 aromatic heterocycles. The fourth-order valence-corrected chi connectivity index (χ4v) is 2.93. The lowest BCUT2D eigenvalue weighted by Gasteiger charge is -2.34. The van der Waals surface area contributed by atoms with Gasteiger partial charge in [0.25, 0.3) is 0 Å². The Balaban J connectivity index is 1.84. The highest BCUT2D eigenvalue weighted by Crippen LogP contribution is 2.29. The Morgan fingerprint density at radius 2 is 2.10 bits per heavy atom. The average molecular weight is 279 g/mol. The molecule has 2 amide bonds. The van der Waals surface area contributed by atoms with Gasteiger partial charge in [-0.15, -0.1) is 0 Å². The van der Waals surface area contributed by atoms with Crippen LogP contribution in [0.2, 0.25) is 0 Å². The zero-order valence-electron chi connectivity index (χ0n) is 12.8. The maximum atomic E-state index is 12.0. The van der Waals surface area contributed by atoms with Crippen LogP contribution in [0.3, 0.4) is 0 Å². The van der Waals surface area contributed by atoms with Gasteiger partial charge < -0.3 is 15.2 Å². The van der Waals surface area contributed by atoms with Crippen LogP contribution < -0.4 is 10.6 Å². The molecule has 1 heterocycles. The van der Waals surface area contributed by atoms with Crippen LogP contribution in [0.25, 0.3) is 0 Å². The molecule has 2 N–H and O–H groups in total. The van der Waals surface area contributed by atoms with Crippen molar-refractivity contribution in [3.8, 4) is 0 Å². The summed E-state index contributed by atoms with van der Waals surface area (Å²) in [5.41, 5.74) is 1.80. The maximum Gasteiger partial charge on any atom is 0.315 e. The van der Waals surface area contributed by atoms with Gasteiger partial charge in [0, 0.05) is 18.2 Å². The molecular formula is C15H25N3O2. The summed E-state index contributed by atoms with van der Waals surface area (Å²) in [6.07, 6.45) is 3.53. The zero-order valence-corrected chi connectivity index (χ0v) is 12.8. The van der Waals surface area contributed by atoms with E-state index >= 15 is 0 Å². The van der Waals surface area contributed by atoms with Crippen LogP contribution in [0.4, 0.5) is 4.79 Å². The van der Waals surface area contributed by atoms with Crippen molar-refractivity contribution in [2.75, 3.05) is 0 Å². The molecular weight excluding hydrogens is 254 g/mol. The summed E-state index contributed by atoms with van der Waals surface area (Å²) < 4.78 is 5.09. The SMILES string of the molecule is Cc1noc(C)c1CNC(=O)NC1CCCC(C)C1C. The third kappa shape index (κ3) is 3.32. The van der Waals surface area contributed by atoms with Crippen molar-refractivity contribution in [3.63, 3.8) is 0 Å². The molecule has 1 fully saturated rings. The predicted octanol–water partition coefficient (Wildman–Crippen LogP) is 2.92. The Kier molecular flexibility index (Phi) is 4.68. The van der Waals surface area contributed by atoms with Crippen molar-refractivity contribution < 1.29 is 9.32 Å². The second-order valence-corrected chi connectivity index (χ2v) is 6.00. The minimum Gasteiger partial charge on any atom is -0.361 e. The standard InChI is InChI=1S/C15H25N3O2/c1-9-6-5-7-14(10(9)2)17-15(19)16-8-13-11(3)18-20-12(13)4/h9-10,14H,5-8H2,1-4H3,(H2,16,17,19). The van der Waals surface area contributed by atoms with E-state index in [0.717, 1.165) is 23.4 Å². The molecule has 0 saturated heterocycles. The fourth-order valence-electron chi connectivity index (χ4n) is 2.93. The average Bonchev–Trinajstić information content (AvgIpc) is 2.72. The Morgan fingerprint density at radius 3 is 2.75 bits per heavy atom. The number of aryl methyl sites for hydroxylation is 2. The summed E-state index contributed by atoms with van der Waals surface area (Å²) in [5.74, 6) is 1.98. The number of carbonyl (C=O) groups excluding carboxylic acids is 1. The third-order valence-electron chi connectivity index (χ3n) is 4.63. The molecule has 1 aromatic rings. The molecule has 112 valence electrons. The summed E-state index contributed by atoms with van der Waals surface area (Å²) in [5, 5.41) is 9.88. The fraction of sp³-hybridized carbons (Fsp3) is 0.733. The normalized spacial score (nSPS) is 26.3. The zero-order chi connectivity index (χ0) is 14.7. The molecule has 3 atom stereocenters. The molecule has 3 unspecified atom stereocenters. The lowest BCUT2D eigenvalue weighted by Crippen LogP contribution is -2.47. The minimum atomic E-state index is -0.101. The molecule has 1 saturated carbocycles. The smallest absolute Gasteiger partial charge is 0.315 e. The van der Waals surface area contributed by atoms with Gasteiger partial charge in [0.05, 0.1) is 5.69 Å². The number of hydrogen-bond acceptors (Lipinski definition) is 3. The van der Waals surface area contributed by atoms with Crippen molar-refractivity contribution in [2.24, 2.45) is 11.8 Å². The summed E-state index contributed by atoms with van der Waals surface area (Å²) in [4.78, 5) is 12.0. The van der Waals surface area contributed by atoms with Crippen LogP contribution in [0.5, 0.6) is 0 Å². The van der Waals surface area contributed by atoms with E-state index in [-0.39, 0.29) is 12.1 Å². The van der Waals surface area contributed by atoms with E-state index < -0.39 is 0 Å². The monoisotopic (exact) mass is 279 g/mol. The first-order chi connectivity index (χ1) is 9.49. The number of rotatable bonds is 3. The molecule has 0 aromatic carbocycles. The first kappa shape index (κ1) is 14.9. The molecule has 1 aliphatic rings. The Labute approximate surface area is 120 Å². The second-order valence-electron chi connectivity index (χ2n) is 6.00. The van der Waals surface area contributed by atoms with E-state index in [1.165, 1.54) is 12.8 Å². The van der Waals surface area contributed by atoms with Gasteiger partial charge in [-0.25, -0.2) is 4.79 Å². The van der Waals surface area contributed by atoms with E-state index in [0.29, 0.717) is 18.4 Å². The van der Waals surface area contributed by atoms with Crippen LogP contribution >= 0.6 is 0 Å². The number of carbonyl (C=O) groups is 1. The first-order valence-electron chi connectivity index (χ1n) is 7.45. The Hall–Kier alpha value is -1.52. The molecule has 0 bridgehead atoms. The lowest BCUT2D eigenvalue weighted by molar-refractivity contribution is 0.195. The van der Waals surface area contributed by atoms with Gasteiger partial charge in [-0.2, -0.15) is 0 Å². The van der Waals surface area contributed by atoms with Crippen LogP contribution in [0.1, 0.15) is 50.1 Å². The predicted molar refractivity (Wildman–Crippen MR) is 77.3 cm³/mol. The van der Waals surface area contributed by atoms with Crippen LogP contribution in [0.15, 0.2) is 4.52 Å². The van der Waals surface area contributed by atoms with Crippen molar-refractivity contribution >= 4 is 6.03 Å². The summed E-state index contributed by atoms with van der Waals surface area (Å²) >= 11 is 0. The van der Waals surface area contributed by atoms with Crippen molar-refractivity contribution in [3.05, 3.63) is 17.0 Å². The van der Waals surface area contributed by atoms with Crippen LogP contribution in [-0.2, 0) is 6.54 Å². The third-order valence-corrected chi connectivity index (χ3v) is 4.63. The van der Waals surface area contributed by atoms with E-state index in [9.17, 15) is 4.79 Å². The number of amides is 2. The summed E-state index contributed by atoms with van der Waals surface area (Å²) in [6, 6.07) is 0.180. The topological polar surface area (TPSA) is 67.2 Å². The van der Waals surface area contributed by atoms with E-state index in [1.807, 2.05) is 13.8 Å². The molecule has 1 aliphatic carbocycles. The molecule has 0 spiro atoms. The number of hydrogen-bond donors (Lipinski definition) is 2. The van der Waals surface area contributed by atoms with Crippen LogP contribution in [0, 0.1) is 25.7 Å². The largest absolute Gasteiger partial charge is 0.361 e. The van der Waals surface area contributed by atoms with E-state index in [2.05, 4.69) is 29.6 Å². The van der Waals surface area contributed by atoms with E-state index in [1.54, 1.807) is 0 Å². The molecule has 20 heavy (non-hydrogen) atoms. The van der Waals surface area contributed by atoms with Gasteiger partial charge in [-0.3, -0.25) is 0 Å². The summed E-state index contributed by atoms with van der Waals surface area (Å²) in [7, 11) is 0.